The van der Waals surface area contributed by atoms with Gasteiger partial charge in [-0.2, -0.15) is 0 Å². The van der Waals surface area contributed by atoms with E-state index in [1.807, 2.05) is 6.92 Å². The first-order valence-electron chi connectivity index (χ1n) is 8.69. The van der Waals surface area contributed by atoms with Crippen molar-refractivity contribution in [3.8, 4) is 0 Å². The summed E-state index contributed by atoms with van der Waals surface area (Å²) in [6, 6.07) is 0. The quantitative estimate of drug-likeness (QED) is 0.181. The normalized spacial score (nSPS) is 12.5. The van der Waals surface area contributed by atoms with Crippen LogP contribution in [0, 0.1) is 20.2 Å². The highest BCUT2D eigenvalue weighted by Gasteiger charge is 2.09. The van der Waals surface area contributed by atoms with Crippen molar-refractivity contribution in [3.63, 3.8) is 0 Å². The lowest BCUT2D eigenvalue weighted by Gasteiger charge is -1.98. The van der Waals surface area contributed by atoms with E-state index >= 15 is 0 Å². The van der Waals surface area contributed by atoms with Crippen LogP contribution < -0.4 is 0 Å². The van der Waals surface area contributed by atoms with Crippen LogP contribution in [0.25, 0.3) is 0 Å². The molecule has 139 valence electrons. The van der Waals surface area contributed by atoms with E-state index in [9.17, 15) is 25.0 Å². The van der Waals surface area contributed by atoms with Crippen molar-refractivity contribution >= 4 is 6.29 Å². The number of nitro groups is 2. The smallest absolute Gasteiger partial charge is 0.242 e. The van der Waals surface area contributed by atoms with Crippen LogP contribution in [0.1, 0.15) is 71.1 Å². The van der Waals surface area contributed by atoms with Crippen LogP contribution in [0.4, 0.5) is 0 Å². The lowest BCUT2D eigenvalue weighted by atomic mass is 10.1. The maximum atomic E-state index is 10.9. The van der Waals surface area contributed by atoms with Gasteiger partial charge in [-0.15, -0.1) is 0 Å². The minimum Gasteiger partial charge on any atom is -0.291 e. The maximum absolute atomic E-state index is 10.9. The number of rotatable bonds is 15. The van der Waals surface area contributed by atoms with Crippen molar-refractivity contribution in [2.75, 3.05) is 0 Å². The predicted molar refractivity (Wildman–Crippen MR) is 96.8 cm³/mol. The Kier molecular flexibility index (Phi) is 13.8. The van der Waals surface area contributed by atoms with Gasteiger partial charge in [-0.1, -0.05) is 31.9 Å². The lowest BCUT2D eigenvalue weighted by Crippen LogP contribution is -1.99. The molecule has 0 atom stereocenters. The molecule has 0 aliphatic carbocycles. The Hall–Kier alpha value is -2.31. The Bertz CT molecular complexity index is 510. The second-order valence-electron chi connectivity index (χ2n) is 5.66. The summed E-state index contributed by atoms with van der Waals surface area (Å²) in [5, 5.41) is 21.9. The van der Waals surface area contributed by atoms with Gasteiger partial charge in [0.2, 0.25) is 11.4 Å². The van der Waals surface area contributed by atoms with Gasteiger partial charge in [0.25, 0.3) is 0 Å². The first kappa shape index (κ1) is 22.7. The average Bonchev–Trinajstić information content (AvgIpc) is 2.57. The van der Waals surface area contributed by atoms with Crippen molar-refractivity contribution in [1.82, 2.24) is 0 Å². The maximum Gasteiger partial charge on any atom is 0.242 e. The number of unbranched alkanes of at least 4 members (excludes halogenated alkanes) is 4. The van der Waals surface area contributed by atoms with Crippen molar-refractivity contribution in [2.45, 2.75) is 71.1 Å². The predicted octanol–water partition coefficient (Wildman–Crippen LogP) is 4.89. The van der Waals surface area contributed by atoms with Crippen molar-refractivity contribution in [3.05, 3.63) is 55.9 Å². The second kappa shape index (κ2) is 15.2. The molecule has 0 aliphatic rings. The molecule has 0 fully saturated rings. The summed E-state index contributed by atoms with van der Waals surface area (Å²) in [5.74, 6) is 0. The van der Waals surface area contributed by atoms with Gasteiger partial charge in [-0.05, 0) is 44.3 Å². The highest BCUT2D eigenvalue weighted by atomic mass is 16.6. The number of nitrogens with zero attached hydrogens (tertiary/aromatic N) is 2. The molecule has 0 aromatic carbocycles. The van der Waals surface area contributed by atoms with E-state index in [-0.39, 0.29) is 16.3 Å². The molecule has 0 amide bonds. The van der Waals surface area contributed by atoms with Gasteiger partial charge >= 0.3 is 0 Å². The molecule has 7 heteroatoms. The van der Waals surface area contributed by atoms with Crippen LogP contribution in [0.15, 0.2) is 35.7 Å². The fraction of sp³-hybridized carbons (Fsp3) is 0.611. The van der Waals surface area contributed by atoms with Crippen LogP contribution in [0.3, 0.4) is 0 Å². The SMILES string of the molecule is CCCCCC(=CCC=CCC=C(CCCC[C]=O)[N+](=O)[O-])[N+](=O)[O-]. The van der Waals surface area contributed by atoms with E-state index in [4.69, 9.17) is 0 Å². The zero-order chi connectivity index (χ0) is 18.9. The van der Waals surface area contributed by atoms with Gasteiger partial charge in [-0.25, -0.2) is 0 Å². The lowest BCUT2D eigenvalue weighted by molar-refractivity contribution is -0.428. The fourth-order valence-electron chi connectivity index (χ4n) is 2.20. The van der Waals surface area contributed by atoms with E-state index in [2.05, 4.69) is 0 Å². The zero-order valence-electron chi connectivity index (χ0n) is 14.8. The molecule has 0 saturated carbocycles. The summed E-state index contributed by atoms with van der Waals surface area (Å²) < 4.78 is 0. The summed E-state index contributed by atoms with van der Waals surface area (Å²) in [6.07, 6.45) is 14.4. The molecule has 0 rings (SSSR count). The van der Waals surface area contributed by atoms with Gasteiger partial charge in [0.1, 0.15) is 0 Å². The van der Waals surface area contributed by atoms with Crippen LogP contribution in [-0.2, 0) is 4.79 Å². The molecule has 0 N–H and O–H groups in total. The molecular formula is C18H27N2O5. The Morgan fingerprint density at radius 1 is 0.880 bits per heavy atom. The molecule has 7 nitrogen and oxygen atoms in total. The van der Waals surface area contributed by atoms with Crippen molar-refractivity contribution < 1.29 is 14.6 Å². The van der Waals surface area contributed by atoms with Crippen LogP contribution in [0.2, 0.25) is 0 Å². The van der Waals surface area contributed by atoms with E-state index in [0.717, 1.165) is 19.3 Å². The average molecular weight is 351 g/mol. The molecule has 0 bridgehead atoms. The highest BCUT2D eigenvalue weighted by molar-refractivity contribution is 5.50. The second-order valence-corrected chi connectivity index (χ2v) is 5.66. The Balaban J connectivity index is 4.36. The van der Waals surface area contributed by atoms with E-state index in [1.165, 1.54) is 0 Å². The van der Waals surface area contributed by atoms with Crippen molar-refractivity contribution in [2.24, 2.45) is 0 Å². The van der Waals surface area contributed by atoms with Crippen LogP contribution in [0.5, 0.6) is 0 Å². The molecule has 25 heavy (non-hydrogen) atoms. The third kappa shape index (κ3) is 12.7. The number of carbonyl (C=O) groups excluding carboxylic acids is 1. The van der Waals surface area contributed by atoms with E-state index < -0.39 is 4.92 Å². The molecule has 0 heterocycles. The van der Waals surface area contributed by atoms with E-state index in [0.29, 0.717) is 44.9 Å². The van der Waals surface area contributed by atoms with Crippen LogP contribution in [-0.4, -0.2) is 16.1 Å². The van der Waals surface area contributed by atoms with Gasteiger partial charge in [0.15, 0.2) is 6.29 Å². The molecule has 0 aromatic rings. The van der Waals surface area contributed by atoms with Crippen molar-refractivity contribution in [1.29, 1.82) is 0 Å². The molecule has 0 unspecified atom stereocenters. The monoisotopic (exact) mass is 351 g/mol. The van der Waals surface area contributed by atoms with Gasteiger partial charge in [0.05, 0.1) is 9.85 Å². The minimum atomic E-state index is -0.406. The Morgan fingerprint density at radius 2 is 1.36 bits per heavy atom. The minimum absolute atomic E-state index is 0.136. The standard InChI is InChI=1S/C18H27N2O5/c1-2-3-7-12-17(19(22)23)13-8-4-5-9-14-18(20(24)25)15-10-6-11-16-21/h4-5,13-14H,2-3,6-12,15H2,1H3. The van der Waals surface area contributed by atoms with Gasteiger partial charge in [-0.3, -0.25) is 25.0 Å². The Labute approximate surface area is 148 Å². The fourth-order valence-corrected chi connectivity index (χ4v) is 2.20. The largest absolute Gasteiger partial charge is 0.291 e. The summed E-state index contributed by atoms with van der Waals surface area (Å²) in [7, 11) is 0. The highest BCUT2D eigenvalue weighted by Crippen LogP contribution is 2.12. The van der Waals surface area contributed by atoms with E-state index in [1.54, 1.807) is 30.6 Å². The summed E-state index contributed by atoms with van der Waals surface area (Å²) in [5.41, 5.74) is 0.364. The molecular weight excluding hydrogens is 324 g/mol. The zero-order valence-corrected chi connectivity index (χ0v) is 14.8. The molecule has 0 saturated heterocycles. The Morgan fingerprint density at radius 3 is 1.76 bits per heavy atom. The number of hydrogen-bond acceptors (Lipinski definition) is 5. The number of allylic oxidation sites excluding steroid dienone is 6. The first-order valence-corrected chi connectivity index (χ1v) is 8.69. The molecule has 0 aliphatic heterocycles. The number of hydrogen-bond donors (Lipinski definition) is 0. The molecule has 0 spiro atoms. The first-order chi connectivity index (χ1) is 12.0. The van der Waals surface area contributed by atoms with Gasteiger partial charge < -0.3 is 0 Å². The topological polar surface area (TPSA) is 103 Å². The third-order valence-corrected chi connectivity index (χ3v) is 3.61. The van der Waals surface area contributed by atoms with Gasteiger partial charge in [0, 0.05) is 19.3 Å². The summed E-state index contributed by atoms with van der Waals surface area (Å²) in [6.45, 7) is 2.05. The summed E-state index contributed by atoms with van der Waals surface area (Å²) >= 11 is 0. The van der Waals surface area contributed by atoms with Crippen LogP contribution >= 0.6 is 0 Å². The molecule has 1 radical (unpaired) electrons. The summed E-state index contributed by atoms with van der Waals surface area (Å²) in [4.78, 5) is 31.2. The molecule has 0 aromatic heterocycles. The third-order valence-electron chi connectivity index (χ3n) is 3.61.